The topological polar surface area (TPSA) is 49.4 Å². The highest BCUT2D eigenvalue weighted by molar-refractivity contribution is 5.95. The minimum atomic E-state index is 0.0428. The van der Waals surface area contributed by atoms with E-state index >= 15 is 0 Å². The molecule has 4 heteroatoms. The van der Waals surface area contributed by atoms with Gasteiger partial charge in [0, 0.05) is 24.7 Å². The molecular weight excluding hydrogens is 264 g/mol. The highest BCUT2D eigenvalue weighted by Crippen LogP contribution is 2.21. The Morgan fingerprint density at radius 3 is 2.43 bits per heavy atom. The van der Waals surface area contributed by atoms with E-state index in [0.717, 1.165) is 24.2 Å². The summed E-state index contributed by atoms with van der Waals surface area (Å²) in [6.07, 6.45) is 1.94. The van der Waals surface area contributed by atoms with Gasteiger partial charge in [0.25, 0.3) is 0 Å². The third-order valence-electron chi connectivity index (χ3n) is 4.07. The summed E-state index contributed by atoms with van der Waals surface area (Å²) in [5.74, 6) is 0.657. The van der Waals surface area contributed by atoms with Gasteiger partial charge in [-0.15, -0.1) is 0 Å². The predicted octanol–water partition coefficient (Wildman–Crippen LogP) is 2.52. The number of nitrogens with zero attached hydrogens (tertiary/aromatic N) is 1. The summed E-state index contributed by atoms with van der Waals surface area (Å²) in [6, 6.07) is 7.90. The zero-order chi connectivity index (χ0) is 15.4. The standard InChI is InChI=1S/C17H24N2O2/c1-12(2)13(3)18-16(20)11-14-6-8-15(9-7-14)19-10-4-5-17(19)21/h6-9,12-13H,4-5,10-11H2,1-3H3,(H,18,20)/t13-/m1/s1. The van der Waals surface area contributed by atoms with Gasteiger partial charge in [0.05, 0.1) is 6.42 Å². The van der Waals surface area contributed by atoms with Crippen LogP contribution in [0.25, 0.3) is 0 Å². The number of nitrogens with one attached hydrogen (secondary N) is 1. The van der Waals surface area contributed by atoms with Gasteiger partial charge in [-0.3, -0.25) is 9.59 Å². The lowest BCUT2D eigenvalue weighted by Gasteiger charge is -2.18. The summed E-state index contributed by atoms with van der Waals surface area (Å²) in [5.41, 5.74) is 1.90. The first-order valence-electron chi connectivity index (χ1n) is 7.66. The van der Waals surface area contributed by atoms with E-state index in [2.05, 4.69) is 19.2 Å². The minimum Gasteiger partial charge on any atom is -0.353 e. The molecule has 0 radical (unpaired) electrons. The number of benzene rings is 1. The maximum absolute atomic E-state index is 11.9. The van der Waals surface area contributed by atoms with Crippen LogP contribution in [0.4, 0.5) is 5.69 Å². The first kappa shape index (κ1) is 15.5. The largest absolute Gasteiger partial charge is 0.353 e. The summed E-state index contributed by atoms with van der Waals surface area (Å²) in [7, 11) is 0. The van der Waals surface area contributed by atoms with Gasteiger partial charge in [0.15, 0.2) is 0 Å². The molecule has 0 aliphatic carbocycles. The molecular formula is C17H24N2O2. The van der Waals surface area contributed by atoms with Gasteiger partial charge < -0.3 is 10.2 Å². The summed E-state index contributed by atoms with van der Waals surface area (Å²) >= 11 is 0. The first-order valence-corrected chi connectivity index (χ1v) is 7.66. The number of hydrogen-bond donors (Lipinski definition) is 1. The molecule has 1 aliphatic heterocycles. The lowest BCUT2D eigenvalue weighted by atomic mass is 10.1. The van der Waals surface area contributed by atoms with Crippen molar-refractivity contribution in [2.45, 2.75) is 46.1 Å². The smallest absolute Gasteiger partial charge is 0.227 e. The van der Waals surface area contributed by atoms with Crippen molar-refractivity contribution < 1.29 is 9.59 Å². The van der Waals surface area contributed by atoms with Crippen LogP contribution < -0.4 is 10.2 Å². The van der Waals surface area contributed by atoms with Gasteiger partial charge >= 0.3 is 0 Å². The van der Waals surface area contributed by atoms with Gasteiger partial charge in [-0.05, 0) is 37.0 Å². The molecule has 1 heterocycles. The Morgan fingerprint density at radius 1 is 1.24 bits per heavy atom. The fourth-order valence-electron chi connectivity index (χ4n) is 2.37. The summed E-state index contributed by atoms with van der Waals surface area (Å²) in [6.45, 7) is 6.99. The molecule has 1 aromatic rings. The molecule has 21 heavy (non-hydrogen) atoms. The molecule has 1 N–H and O–H groups in total. The second kappa shape index (κ2) is 6.74. The van der Waals surface area contributed by atoms with Crippen LogP contribution in [0.1, 0.15) is 39.2 Å². The third-order valence-corrected chi connectivity index (χ3v) is 4.07. The van der Waals surface area contributed by atoms with Crippen molar-refractivity contribution in [3.8, 4) is 0 Å². The van der Waals surface area contributed by atoms with Crippen LogP contribution >= 0.6 is 0 Å². The molecule has 2 rings (SSSR count). The van der Waals surface area contributed by atoms with E-state index in [1.54, 1.807) is 0 Å². The van der Waals surface area contributed by atoms with E-state index in [1.165, 1.54) is 0 Å². The van der Waals surface area contributed by atoms with Crippen LogP contribution in [-0.4, -0.2) is 24.4 Å². The number of anilines is 1. The molecule has 0 aromatic heterocycles. The van der Waals surface area contributed by atoms with Gasteiger partial charge in [-0.1, -0.05) is 26.0 Å². The Hall–Kier alpha value is -1.84. The van der Waals surface area contributed by atoms with Crippen molar-refractivity contribution in [2.75, 3.05) is 11.4 Å². The SMILES string of the molecule is CC(C)[C@@H](C)NC(=O)Cc1ccc(N2CCCC2=O)cc1. The number of carbonyl (C=O) groups excluding carboxylic acids is 2. The van der Waals surface area contributed by atoms with Crippen molar-refractivity contribution in [3.05, 3.63) is 29.8 Å². The Morgan fingerprint density at radius 2 is 1.90 bits per heavy atom. The molecule has 2 amide bonds. The molecule has 0 spiro atoms. The third kappa shape index (κ3) is 4.06. The molecule has 0 bridgehead atoms. The van der Waals surface area contributed by atoms with Crippen LogP contribution in [-0.2, 0) is 16.0 Å². The molecule has 0 saturated carbocycles. The van der Waals surface area contributed by atoms with Crippen LogP contribution in [0.5, 0.6) is 0 Å². The molecule has 114 valence electrons. The molecule has 1 aromatic carbocycles. The predicted molar refractivity (Wildman–Crippen MR) is 84.2 cm³/mol. The molecule has 0 unspecified atom stereocenters. The fraction of sp³-hybridized carbons (Fsp3) is 0.529. The van der Waals surface area contributed by atoms with Crippen LogP contribution in [0.2, 0.25) is 0 Å². The first-order chi connectivity index (χ1) is 9.97. The summed E-state index contributed by atoms with van der Waals surface area (Å²) < 4.78 is 0. The maximum atomic E-state index is 11.9. The lowest BCUT2D eigenvalue weighted by molar-refractivity contribution is -0.121. The zero-order valence-electron chi connectivity index (χ0n) is 13.1. The van der Waals surface area contributed by atoms with Crippen molar-refractivity contribution in [1.29, 1.82) is 0 Å². The van der Waals surface area contributed by atoms with E-state index in [-0.39, 0.29) is 17.9 Å². The van der Waals surface area contributed by atoms with E-state index in [0.29, 0.717) is 18.8 Å². The minimum absolute atomic E-state index is 0.0428. The monoisotopic (exact) mass is 288 g/mol. The van der Waals surface area contributed by atoms with Crippen LogP contribution in [0, 0.1) is 5.92 Å². The van der Waals surface area contributed by atoms with Crippen molar-refractivity contribution in [1.82, 2.24) is 5.32 Å². The quantitative estimate of drug-likeness (QED) is 0.905. The molecule has 1 aliphatic rings. The van der Waals surface area contributed by atoms with Crippen LogP contribution in [0.3, 0.4) is 0 Å². The Balaban J connectivity index is 1.93. The highest BCUT2D eigenvalue weighted by Gasteiger charge is 2.21. The number of amides is 2. The van der Waals surface area contributed by atoms with Gasteiger partial charge in [0.2, 0.25) is 11.8 Å². The van der Waals surface area contributed by atoms with Gasteiger partial charge in [-0.2, -0.15) is 0 Å². The number of hydrogen-bond acceptors (Lipinski definition) is 2. The van der Waals surface area contributed by atoms with E-state index in [4.69, 9.17) is 0 Å². The average molecular weight is 288 g/mol. The summed E-state index contributed by atoms with van der Waals surface area (Å²) in [4.78, 5) is 25.4. The zero-order valence-corrected chi connectivity index (χ0v) is 13.1. The second-order valence-corrected chi connectivity index (χ2v) is 6.09. The highest BCUT2D eigenvalue weighted by atomic mass is 16.2. The van der Waals surface area contributed by atoms with Crippen molar-refractivity contribution in [2.24, 2.45) is 5.92 Å². The van der Waals surface area contributed by atoms with Crippen molar-refractivity contribution >= 4 is 17.5 Å². The fourth-order valence-corrected chi connectivity index (χ4v) is 2.37. The number of rotatable bonds is 5. The van der Waals surface area contributed by atoms with E-state index in [9.17, 15) is 9.59 Å². The Labute approximate surface area is 126 Å². The van der Waals surface area contributed by atoms with Crippen molar-refractivity contribution in [3.63, 3.8) is 0 Å². The molecule has 1 atom stereocenters. The second-order valence-electron chi connectivity index (χ2n) is 6.09. The Kier molecular flexibility index (Phi) is 4.99. The van der Waals surface area contributed by atoms with Gasteiger partial charge in [0.1, 0.15) is 0 Å². The van der Waals surface area contributed by atoms with Crippen LogP contribution in [0.15, 0.2) is 24.3 Å². The number of carbonyl (C=O) groups is 2. The van der Waals surface area contributed by atoms with E-state index in [1.807, 2.05) is 36.1 Å². The normalized spacial score (nSPS) is 16.4. The van der Waals surface area contributed by atoms with Gasteiger partial charge in [-0.25, -0.2) is 0 Å². The average Bonchev–Trinajstić information content (AvgIpc) is 2.85. The molecule has 1 saturated heterocycles. The molecule has 1 fully saturated rings. The summed E-state index contributed by atoms with van der Waals surface area (Å²) in [5, 5.41) is 3.00. The maximum Gasteiger partial charge on any atom is 0.227 e. The van der Waals surface area contributed by atoms with E-state index < -0.39 is 0 Å². The Bertz CT molecular complexity index is 508. The lowest BCUT2D eigenvalue weighted by Crippen LogP contribution is -2.37. The molecule has 4 nitrogen and oxygen atoms in total.